The van der Waals surface area contributed by atoms with Gasteiger partial charge in [-0.2, -0.15) is 0 Å². The first-order valence-electron chi connectivity index (χ1n) is 7.05. The maximum atomic E-state index is 11.1. The Labute approximate surface area is 99.0 Å². The molecule has 2 nitrogen and oxygen atoms in total. The lowest BCUT2D eigenvalue weighted by Gasteiger charge is -2.31. The molecular weight excluding hydrogens is 198 g/mol. The molecule has 0 atom stereocenters. The highest BCUT2D eigenvalue weighted by molar-refractivity contribution is 5.76. The number of hydrogen-bond donors (Lipinski definition) is 1. The van der Waals surface area contributed by atoms with Gasteiger partial charge in [-0.1, -0.05) is 32.1 Å². The Morgan fingerprint density at radius 2 is 1.44 bits per heavy atom. The van der Waals surface area contributed by atoms with E-state index in [0.717, 1.165) is 24.7 Å². The maximum absolute atomic E-state index is 11.1. The second-order valence-corrected chi connectivity index (χ2v) is 5.86. The topological polar surface area (TPSA) is 43.1 Å². The summed E-state index contributed by atoms with van der Waals surface area (Å²) in [6.07, 6.45) is 13.2. The lowest BCUT2D eigenvalue weighted by atomic mass is 9.75. The van der Waals surface area contributed by atoms with Crippen LogP contribution >= 0.6 is 0 Å². The van der Waals surface area contributed by atoms with Gasteiger partial charge in [-0.3, -0.25) is 4.79 Å². The van der Waals surface area contributed by atoms with Crippen molar-refractivity contribution in [2.75, 3.05) is 0 Å². The van der Waals surface area contributed by atoms with Crippen LogP contribution in [0.5, 0.6) is 0 Å². The van der Waals surface area contributed by atoms with Gasteiger partial charge in [0.05, 0.1) is 0 Å². The Morgan fingerprint density at radius 1 is 0.875 bits per heavy atom. The van der Waals surface area contributed by atoms with Crippen molar-refractivity contribution in [1.29, 1.82) is 0 Å². The highest BCUT2D eigenvalue weighted by Crippen LogP contribution is 2.36. The van der Waals surface area contributed by atoms with Gasteiger partial charge in [0, 0.05) is 5.92 Å². The van der Waals surface area contributed by atoms with E-state index in [1.54, 1.807) is 0 Å². The molecule has 2 heteroatoms. The summed E-state index contributed by atoms with van der Waals surface area (Å²) in [5, 5.41) is 0. The van der Waals surface area contributed by atoms with E-state index in [1.165, 1.54) is 51.4 Å². The van der Waals surface area contributed by atoms with Crippen LogP contribution in [0.15, 0.2) is 0 Å². The number of carbonyl (C=O) groups excluding carboxylic acids is 1. The van der Waals surface area contributed by atoms with Crippen molar-refractivity contribution in [2.45, 2.75) is 64.2 Å². The Kier molecular flexibility index (Phi) is 4.25. The van der Waals surface area contributed by atoms with Crippen molar-refractivity contribution in [3.8, 4) is 0 Å². The van der Waals surface area contributed by atoms with Crippen LogP contribution in [-0.4, -0.2) is 5.91 Å². The standard InChI is InChI=1S/C14H25NO/c15-14(16)13-8-6-12(7-9-13)10-11-4-2-1-3-5-11/h11-13H,1-10H2,(H2,15,16). The molecule has 0 aromatic heterocycles. The van der Waals surface area contributed by atoms with E-state index in [0.29, 0.717) is 0 Å². The summed E-state index contributed by atoms with van der Waals surface area (Å²) in [6, 6.07) is 0. The minimum Gasteiger partial charge on any atom is -0.369 e. The molecule has 0 bridgehead atoms. The van der Waals surface area contributed by atoms with Crippen LogP contribution in [0, 0.1) is 17.8 Å². The van der Waals surface area contributed by atoms with Crippen molar-refractivity contribution in [3.05, 3.63) is 0 Å². The molecule has 16 heavy (non-hydrogen) atoms. The molecule has 2 fully saturated rings. The number of hydrogen-bond acceptors (Lipinski definition) is 1. The average Bonchev–Trinajstić information content (AvgIpc) is 2.31. The average molecular weight is 223 g/mol. The maximum Gasteiger partial charge on any atom is 0.220 e. The minimum absolute atomic E-state index is 0.0730. The quantitative estimate of drug-likeness (QED) is 0.784. The first-order valence-corrected chi connectivity index (χ1v) is 7.05. The molecule has 0 saturated heterocycles. The van der Waals surface area contributed by atoms with Crippen LogP contribution in [0.3, 0.4) is 0 Å². The molecule has 2 N–H and O–H groups in total. The predicted octanol–water partition coefficient (Wildman–Crippen LogP) is 3.25. The largest absolute Gasteiger partial charge is 0.369 e. The molecule has 2 rings (SSSR count). The zero-order valence-corrected chi connectivity index (χ0v) is 10.3. The summed E-state index contributed by atoms with van der Waals surface area (Å²) in [4.78, 5) is 11.1. The Morgan fingerprint density at radius 3 is 2.00 bits per heavy atom. The monoisotopic (exact) mass is 223 g/mol. The van der Waals surface area contributed by atoms with E-state index < -0.39 is 0 Å². The first-order chi connectivity index (χ1) is 7.75. The van der Waals surface area contributed by atoms with E-state index in [1.807, 2.05) is 0 Å². The Hall–Kier alpha value is -0.530. The fraction of sp³-hybridized carbons (Fsp3) is 0.929. The van der Waals surface area contributed by atoms with Gasteiger partial charge in [-0.05, 0) is 43.9 Å². The SMILES string of the molecule is NC(=O)C1CCC(CC2CCCCC2)CC1. The third-order valence-corrected chi connectivity index (χ3v) is 4.64. The summed E-state index contributed by atoms with van der Waals surface area (Å²) in [5.74, 6) is 1.99. The third-order valence-electron chi connectivity index (χ3n) is 4.64. The fourth-order valence-electron chi connectivity index (χ4n) is 3.58. The molecule has 2 saturated carbocycles. The summed E-state index contributed by atoms with van der Waals surface area (Å²) in [5.41, 5.74) is 5.36. The number of rotatable bonds is 3. The molecule has 1 amide bonds. The number of amides is 1. The molecule has 2 aliphatic rings. The van der Waals surface area contributed by atoms with Gasteiger partial charge in [0.25, 0.3) is 0 Å². The van der Waals surface area contributed by atoms with Crippen molar-refractivity contribution in [2.24, 2.45) is 23.5 Å². The van der Waals surface area contributed by atoms with Crippen LogP contribution in [0.1, 0.15) is 64.2 Å². The van der Waals surface area contributed by atoms with Crippen LogP contribution < -0.4 is 5.73 Å². The van der Waals surface area contributed by atoms with Gasteiger partial charge in [-0.25, -0.2) is 0 Å². The normalized spacial score (nSPS) is 32.5. The van der Waals surface area contributed by atoms with Crippen molar-refractivity contribution < 1.29 is 4.79 Å². The molecule has 0 unspecified atom stereocenters. The molecule has 0 aromatic carbocycles. The Bertz CT molecular complexity index is 225. The van der Waals surface area contributed by atoms with Crippen LogP contribution in [0.4, 0.5) is 0 Å². The first kappa shape index (κ1) is 11.9. The summed E-state index contributed by atoms with van der Waals surface area (Å²) >= 11 is 0. The van der Waals surface area contributed by atoms with Crippen LogP contribution in [0.25, 0.3) is 0 Å². The van der Waals surface area contributed by atoms with Crippen molar-refractivity contribution in [1.82, 2.24) is 0 Å². The number of nitrogens with two attached hydrogens (primary N) is 1. The van der Waals surface area contributed by atoms with Gasteiger partial charge in [0.15, 0.2) is 0 Å². The van der Waals surface area contributed by atoms with Crippen molar-refractivity contribution >= 4 is 5.91 Å². The van der Waals surface area contributed by atoms with Gasteiger partial charge in [0.2, 0.25) is 5.91 Å². The van der Waals surface area contributed by atoms with Gasteiger partial charge >= 0.3 is 0 Å². The molecule has 0 radical (unpaired) electrons. The van der Waals surface area contributed by atoms with E-state index >= 15 is 0 Å². The summed E-state index contributed by atoms with van der Waals surface area (Å²) in [6.45, 7) is 0. The molecule has 2 aliphatic carbocycles. The minimum atomic E-state index is -0.0730. The molecule has 0 aliphatic heterocycles. The van der Waals surface area contributed by atoms with Gasteiger partial charge in [0.1, 0.15) is 0 Å². The van der Waals surface area contributed by atoms with E-state index in [4.69, 9.17) is 5.73 Å². The molecule has 92 valence electrons. The van der Waals surface area contributed by atoms with Crippen LogP contribution in [0.2, 0.25) is 0 Å². The number of carbonyl (C=O) groups is 1. The third kappa shape index (κ3) is 3.23. The number of primary amides is 1. The van der Waals surface area contributed by atoms with Crippen molar-refractivity contribution in [3.63, 3.8) is 0 Å². The van der Waals surface area contributed by atoms with Gasteiger partial charge < -0.3 is 5.73 Å². The lowest BCUT2D eigenvalue weighted by molar-refractivity contribution is -0.123. The van der Waals surface area contributed by atoms with Crippen LogP contribution in [-0.2, 0) is 4.79 Å². The predicted molar refractivity (Wildman–Crippen MR) is 65.8 cm³/mol. The lowest BCUT2D eigenvalue weighted by Crippen LogP contribution is -2.28. The Balaban J connectivity index is 1.70. The summed E-state index contributed by atoms with van der Waals surface area (Å²) in [7, 11) is 0. The summed E-state index contributed by atoms with van der Waals surface area (Å²) < 4.78 is 0. The second kappa shape index (κ2) is 5.70. The molecule has 0 spiro atoms. The molecule has 0 aromatic rings. The smallest absolute Gasteiger partial charge is 0.220 e. The second-order valence-electron chi connectivity index (χ2n) is 5.86. The van der Waals surface area contributed by atoms with Gasteiger partial charge in [-0.15, -0.1) is 0 Å². The highest BCUT2D eigenvalue weighted by atomic mass is 16.1. The zero-order chi connectivity index (χ0) is 11.4. The molecular formula is C14H25NO. The fourth-order valence-corrected chi connectivity index (χ4v) is 3.58. The zero-order valence-electron chi connectivity index (χ0n) is 10.3. The molecule has 0 heterocycles. The highest BCUT2D eigenvalue weighted by Gasteiger charge is 2.26. The van der Waals surface area contributed by atoms with E-state index in [-0.39, 0.29) is 11.8 Å². The van der Waals surface area contributed by atoms with E-state index in [9.17, 15) is 4.79 Å². The van der Waals surface area contributed by atoms with E-state index in [2.05, 4.69) is 0 Å².